The molecule has 0 saturated carbocycles. The standard InChI is InChI=1S/C17H24N2O2S2/c20-16-7-6-12(10-17(16)21)15-11-13(18-19-15)4-2-1-3-5-14(23)8-9-22/h6-7,10-11,14,20-23H,1-5,8-9H2,(H,18,19). The molecule has 1 aromatic carbocycles. The summed E-state index contributed by atoms with van der Waals surface area (Å²) < 4.78 is 0. The van der Waals surface area contributed by atoms with Gasteiger partial charge in [-0.05, 0) is 55.7 Å². The number of hydrogen-bond acceptors (Lipinski definition) is 5. The Morgan fingerprint density at radius 3 is 2.61 bits per heavy atom. The lowest BCUT2D eigenvalue weighted by molar-refractivity contribution is 0.404. The normalized spacial score (nSPS) is 12.4. The number of H-pyrrole nitrogens is 1. The SMILES string of the molecule is Oc1ccc(-c2cc(CCCCCC(S)CCS)[nH]n2)cc1O. The molecular formula is C17H24N2O2S2. The number of aromatic nitrogens is 2. The molecule has 6 heteroatoms. The quantitative estimate of drug-likeness (QED) is 0.267. The van der Waals surface area contributed by atoms with Gasteiger partial charge in [-0.2, -0.15) is 30.4 Å². The first-order valence-electron chi connectivity index (χ1n) is 7.95. The summed E-state index contributed by atoms with van der Waals surface area (Å²) in [5.74, 6) is 0.650. The van der Waals surface area contributed by atoms with Crippen molar-refractivity contribution in [1.82, 2.24) is 10.2 Å². The number of benzene rings is 1. The van der Waals surface area contributed by atoms with Gasteiger partial charge < -0.3 is 10.2 Å². The van der Waals surface area contributed by atoms with Crippen LogP contribution in [0.15, 0.2) is 24.3 Å². The summed E-state index contributed by atoms with van der Waals surface area (Å²) in [6.45, 7) is 0. The molecule has 1 unspecified atom stereocenters. The first-order valence-corrected chi connectivity index (χ1v) is 9.10. The van der Waals surface area contributed by atoms with Crippen LogP contribution in [0.25, 0.3) is 11.3 Å². The second-order valence-corrected chi connectivity index (χ2v) is 6.92. The number of aromatic amines is 1. The van der Waals surface area contributed by atoms with Gasteiger partial charge in [-0.3, -0.25) is 5.10 Å². The lowest BCUT2D eigenvalue weighted by Gasteiger charge is -2.07. The number of aromatic hydroxyl groups is 2. The Kier molecular flexibility index (Phi) is 7.17. The monoisotopic (exact) mass is 352 g/mol. The Morgan fingerprint density at radius 1 is 1.04 bits per heavy atom. The van der Waals surface area contributed by atoms with Gasteiger partial charge in [-0.1, -0.05) is 12.8 Å². The average Bonchev–Trinajstić information content (AvgIpc) is 2.99. The highest BCUT2D eigenvalue weighted by Crippen LogP contribution is 2.29. The summed E-state index contributed by atoms with van der Waals surface area (Å²) in [5, 5.41) is 26.7. The van der Waals surface area contributed by atoms with E-state index in [1.54, 1.807) is 6.07 Å². The molecule has 1 aromatic heterocycles. The van der Waals surface area contributed by atoms with Crippen molar-refractivity contribution in [2.75, 3.05) is 5.75 Å². The molecule has 0 radical (unpaired) electrons. The van der Waals surface area contributed by atoms with Gasteiger partial charge in [-0.15, -0.1) is 0 Å². The number of nitrogens with zero attached hydrogens (tertiary/aromatic N) is 1. The second-order valence-electron chi connectivity index (χ2n) is 5.75. The minimum absolute atomic E-state index is 0.120. The minimum atomic E-state index is -0.130. The van der Waals surface area contributed by atoms with Gasteiger partial charge in [0.1, 0.15) is 0 Å². The molecule has 126 valence electrons. The van der Waals surface area contributed by atoms with Crippen LogP contribution in [0.4, 0.5) is 0 Å². The van der Waals surface area contributed by atoms with Crippen LogP contribution in [0.1, 0.15) is 37.8 Å². The zero-order valence-corrected chi connectivity index (χ0v) is 14.9. The highest BCUT2D eigenvalue weighted by molar-refractivity contribution is 7.81. The maximum Gasteiger partial charge on any atom is 0.158 e. The molecule has 0 aliphatic rings. The molecule has 0 amide bonds. The molecule has 1 heterocycles. The van der Waals surface area contributed by atoms with E-state index >= 15 is 0 Å². The van der Waals surface area contributed by atoms with Gasteiger partial charge in [0.05, 0.1) is 5.69 Å². The highest BCUT2D eigenvalue weighted by atomic mass is 32.1. The summed E-state index contributed by atoms with van der Waals surface area (Å²) in [7, 11) is 0. The summed E-state index contributed by atoms with van der Waals surface area (Å²) in [6, 6.07) is 6.72. The van der Waals surface area contributed by atoms with Crippen LogP contribution < -0.4 is 0 Å². The first-order chi connectivity index (χ1) is 11.1. The van der Waals surface area contributed by atoms with Crippen molar-refractivity contribution in [2.45, 2.75) is 43.8 Å². The number of phenolic OH excluding ortho intramolecular Hbond substituents is 2. The molecule has 23 heavy (non-hydrogen) atoms. The van der Waals surface area contributed by atoms with E-state index in [2.05, 4.69) is 35.5 Å². The third-order valence-corrected chi connectivity index (χ3v) is 4.62. The van der Waals surface area contributed by atoms with E-state index in [-0.39, 0.29) is 11.5 Å². The third-order valence-electron chi connectivity index (χ3n) is 3.85. The number of thiol groups is 2. The van der Waals surface area contributed by atoms with Gasteiger partial charge in [-0.25, -0.2) is 0 Å². The van der Waals surface area contributed by atoms with Crippen LogP contribution in [0, 0.1) is 0 Å². The number of hydrogen-bond donors (Lipinski definition) is 5. The lowest BCUT2D eigenvalue weighted by atomic mass is 10.1. The molecule has 4 nitrogen and oxygen atoms in total. The fraction of sp³-hybridized carbons (Fsp3) is 0.471. The van der Waals surface area contributed by atoms with Gasteiger partial charge in [0.2, 0.25) is 0 Å². The highest BCUT2D eigenvalue weighted by Gasteiger charge is 2.07. The van der Waals surface area contributed by atoms with Crippen LogP contribution in [0.5, 0.6) is 11.5 Å². The third kappa shape index (κ3) is 5.70. The summed E-state index contributed by atoms with van der Waals surface area (Å²) >= 11 is 8.76. The van der Waals surface area contributed by atoms with Crippen molar-refractivity contribution in [2.24, 2.45) is 0 Å². The van der Waals surface area contributed by atoms with Gasteiger partial charge in [0.15, 0.2) is 11.5 Å². The van der Waals surface area contributed by atoms with Crippen molar-refractivity contribution in [1.29, 1.82) is 0 Å². The molecule has 0 saturated heterocycles. The topological polar surface area (TPSA) is 69.1 Å². The van der Waals surface area contributed by atoms with Gasteiger partial charge in [0.25, 0.3) is 0 Å². The molecule has 0 bridgehead atoms. The van der Waals surface area contributed by atoms with Crippen LogP contribution >= 0.6 is 25.3 Å². The number of phenols is 2. The van der Waals surface area contributed by atoms with E-state index in [1.165, 1.54) is 25.0 Å². The van der Waals surface area contributed by atoms with Crippen LogP contribution in [0.2, 0.25) is 0 Å². The van der Waals surface area contributed by atoms with E-state index in [4.69, 9.17) is 0 Å². The first kappa shape index (κ1) is 18.1. The molecule has 2 rings (SSSR count). The lowest BCUT2D eigenvalue weighted by Crippen LogP contribution is -1.99. The van der Waals surface area contributed by atoms with Crippen molar-refractivity contribution in [3.63, 3.8) is 0 Å². The van der Waals surface area contributed by atoms with Gasteiger partial charge >= 0.3 is 0 Å². The second kappa shape index (κ2) is 9.13. The van der Waals surface area contributed by atoms with E-state index < -0.39 is 0 Å². The number of aryl methyl sites for hydroxylation is 1. The Hall–Kier alpha value is -1.27. The van der Waals surface area contributed by atoms with Gasteiger partial charge in [0, 0.05) is 16.5 Å². The summed E-state index contributed by atoms with van der Waals surface area (Å²) in [5.41, 5.74) is 2.65. The van der Waals surface area contributed by atoms with E-state index in [9.17, 15) is 10.2 Å². The van der Waals surface area contributed by atoms with Crippen molar-refractivity contribution < 1.29 is 10.2 Å². The summed E-state index contributed by atoms with van der Waals surface area (Å²) in [4.78, 5) is 0. The van der Waals surface area contributed by atoms with Crippen LogP contribution in [-0.2, 0) is 6.42 Å². The molecule has 1 atom stereocenters. The van der Waals surface area contributed by atoms with Crippen molar-refractivity contribution in [3.05, 3.63) is 30.0 Å². The average molecular weight is 353 g/mol. The molecule has 0 aliphatic heterocycles. The number of nitrogens with one attached hydrogen (secondary N) is 1. The largest absolute Gasteiger partial charge is 0.504 e. The maximum absolute atomic E-state index is 9.55. The molecular weight excluding hydrogens is 328 g/mol. The number of rotatable bonds is 9. The molecule has 2 aromatic rings. The zero-order valence-electron chi connectivity index (χ0n) is 13.1. The van der Waals surface area contributed by atoms with Crippen molar-refractivity contribution in [3.8, 4) is 22.8 Å². The molecule has 0 spiro atoms. The fourth-order valence-electron chi connectivity index (χ4n) is 2.49. The maximum atomic E-state index is 9.55. The predicted octanol–water partition coefficient (Wildman–Crippen LogP) is 4.21. The summed E-state index contributed by atoms with van der Waals surface area (Å²) in [6.07, 6.45) is 6.65. The Morgan fingerprint density at radius 2 is 1.87 bits per heavy atom. The Labute approximate surface area is 148 Å². The van der Waals surface area contributed by atoms with Crippen LogP contribution in [0.3, 0.4) is 0 Å². The molecule has 0 fully saturated rings. The number of unbranched alkanes of at least 4 members (excludes halogenated alkanes) is 2. The smallest absolute Gasteiger partial charge is 0.158 e. The fourth-order valence-corrected chi connectivity index (χ4v) is 3.31. The zero-order chi connectivity index (χ0) is 16.7. The van der Waals surface area contributed by atoms with Crippen molar-refractivity contribution >= 4 is 25.3 Å². The molecule has 0 aliphatic carbocycles. The Bertz CT molecular complexity index is 616. The molecule has 3 N–H and O–H groups in total. The van der Waals surface area contributed by atoms with E-state index in [1.807, 2.05) is 6.07 Å². The van der Waals surface area contributed by atoms with E-state index in [0.717, 1.165) is 48.4 Å². The Balaban J connectivity index is 1.77. The minimum Gasteiger partial charge on any atom is -0.504 e. The van der Waals surface area contributed by atoms with Crippen LogP contribution in [-0.4, -0.2) is 31.4 Å². The predicted molar refractivity (Wildman–Crippen MR) is 101 cm³/mol. The van der Waals surface area contributed by atoms with E-state index in [0.29, 0.717) is 5.25 Å².